The molecule has 0 unspecified atom stereocenters. The van der Waals surface area contributed by atoms with Gasteiger partial charge in [-0.1, -0.05) is 37.3 Å². The third-order valence-corrected chi connectivity index (χ3v) is 3.99. The second kappa shape index (κ2) is 6.44. The highest BCUT2D eigenvalue weighted by molar-refractivity contribution is 5.13. The minimum absolute atomic E-state index is 0.140. The van der Waals surface area contributed by atoms with Crippen LogP contribution in [0, 0.1) is 0 Å². The summed E-state index contributed by atoms with van der Waals surface area (Å²) in [6, 6.07) is 10.1. The molecular formula is C17H27NO3. The van der Waals surface area contributed by atoms with Crippen LogP contribution in [0.4, 0.5) is 0 Å². The second-order valence-electron chi connectivity index (χ2n) is 6.45. The molecule has 118 valence electrons. The van der Waals surface area contributed by atoms with Gasteiger partial charge in [-0.05, 0) is 32.8 Å². The minimum atomic E-state index is -0.610. The predicted octanol–water partition coefficient (Wildman–Crippen LogP) is 2.85. The maximum Gasteiger partial charge on any atom is 0.163 e. The Morgan fingerprint density at radius 3 is 2.52 bits per heavy atom. The van der Waals surface area contributed by atoms with E-state index in [4.69, 9.17) is 19.9 Å². The summed E-state index contributed by atoms with van der Waals surface area (Å²) in [4.78, 5) is 0. The van der Waals surface area contributed by atoms with Gasteiger partial charge < -0.3 is 19.9 Å². The minimum Gasteiger partial charge on any atom is -0.374 e. The van der Waals surface area contributed by atoms with Gasteiger partial charge in [0, 0.05) is 5.54 Å². The SMILES string of the molecule is CC[C@](C)(N)[C@@H]1OC(C)(C)O[C@H]1COCc1ccccc1. The van der Waals surface area contributed by atoms with Crippen LogP contribution in [0.5, 0.6) is 0 Å². The number of nitrogens with two attached hydrogens (primary N) is 1. The zero-order valence-electron chi connectivity index (χ0n) is 13.5. The molecule has 1 aromatic carbocycles. The van der Waals surface area contributed by atoms with Crippen LogP contribution in [-0.2, 0) is 20.8 Å². The fourth-order valence-electron chi connectivity index (χ4n) is 2.58. The van der Waals surface area contributed by atoms with E-state index >= 15 is 0 Å². The lowest BCUT2D eigenvalue weighted by Gasteiger charge is -2.32. The number of benzene rings is 1. The first-order valence-corrected chi connectivity index (χ1v) is 7.60. The van der Waals surface area contributed by atoms with E-state index in [1.165, 1.54) is 0 Å². The average molecular weight is 293 g/mol. The topological polar surface area (TPSA) is 53.7 Å². The van der Waals surface area contributed by atoms with Gasteiger partial charge in [-0.2, -0.15) is 0 Å². The van der Waals surface area contributed by atoms with E-state index in [1.807, 2.05) is 51.1 Å². The number of ether oxygens (including phenoxy) is 3. The molecule has 2 N–H and O–H groups in total. The normalized spacial score (nSPS) is 27.5. The second-order valence-corrected chi connectivity index (χ2v) is 6.45. The Bertz CT molecular complexity index is 445. The van der Waals surface area contributed by atoms with Crippen LogP contribution in [0.15, 0.2) is 30.3 Å². The molecule has 2 rings (SSSR count). The van der Waals surface area contributed by atoms with Crippen LogP contribution < -0.4 is 5.73 Å². The summed E-state index contributed by atoms with van der Waals surface area (Å²) in [5, 5.41) is 0. The van der Waals surface area contributed by atoms with E-state index in [-0.39, 0.29) is 12.2 Å². The first-order chi connectivity index (χ1) is 9.84. The third kappa shape index (κ3) is 4.27. The molecule has 21 heavy (non-hydrogen) atoms. The van der Waals surface area contributed by atoms with Crippen molar-refractivity contribution in [1.29, 1.82) is 0 Å². The number of hydrogen-bond donors (Lipinski definition) is 1. The fraction of sp³-hybridized carbons (Fsp3) is 0.647. The molecule has 1 aliphatic rings. The molecule has 4 heteroatoms. The molecule has 3 atom stereocenters. The maximum absolute atomic E-state index is 6.36. The highest BCUT2D eigenvalue weighted by Crippen LogP contribution is 2.34. The van der Waals surface area contributed by atoms with E-state index in [9.17, 15) is 0 Å². The maximum atomic E-state index is 6.36. The standard InChI is InChI=1S/C17H27NO3/c1-5-17(4,18)15-14(20-16(2,3)21-15)12-19-11-13-9-7-6-8-10-13/h6-10,14-15H,5,11-12,18H2,1-4H3/t14-,15+,17-/m0/s1. The van der Waals surface area contributed by atoms with Gasteiger partial charge >= 0.3 is 0 Å². The summed E-state index contributed by atoms with van der Waals surface area (Å²) in [5.74, 6) is -0.610. The third-order valence-electron chi connectivity index (χ3n) is 3.99. The Morgan fingerprint density at radius 1 is 1.24 bits per heavy atom. The van der Waals surface area contributed by atoms with Crippen LogP contribution in [0.3, 0.4) is 0 Å². The van der Waals surface area contributed by atoms with Crippen molar-refractivity contribution in [2.75, 3.05) is 6.61 Å². The fourth-order valence-corrected chi connectivity index (χ4v) is 2.58. The molecule has 0 radical (unpaired) electrons. The van der Waals surface area contributed by atoms with Crippen molar-refractivity contribution in [2.45, 2.75) is 64.3 Å². The quantitative estimate of drug-likeness (QED) is 0.876. The molecule has 0 bridgehead atoms. The number of hydrogen-bond acceptors (Lipinski definition) is 4. The largest absolute Gasteiger partial charge is 0.374 e. The van der Waals surface area contributed by atoms with Crippen LogP contribution in [0.1, 0.15) is 39.7 Å². The zero-order chi connectivity index (χ0) is 15.5. The summed E-state index contributed by atoms with van der Waals surface area (Å²) in [6.07, 6.45) is 0.527. The monoisotopic (exact) mass is 293 g/mol. The van der Waals surface area contributed by atoms with E-state index in [1.54, 1.807) is 0 Å². The van der Waals surface area contributed by atoms with Gasteiger partial charge in [0.25, 0.3) is 0 Å². The van der Waals surface area contributed by atoms with Gasteiger partial charge in [0.2, 0.25) is 0 Å². The van der Waals surface area contributed by atoms with Crippen LogP contribution in [0.2, 0.25) is 0 Å². The summed E-state index contributed by atoms with van der Waals surface area (Å²) in [7, 11) is 0. The van der Waals surface area contributed by atoms with Gasteiger partial charge in [0.05, 0.1) is 13.2 Å². The summed E-state index contributed by atoms with van der Waals surface area (Å²) in [6.45, 7) is 8.96. The molecule has 1 aromatic rings. The Kier molecular flexibility index (Phi) is 5.04. The lowest BCUT2D eigenvalue weighted by Crippen LogP contribution is -2.53. The molecule has 0 aromatic heterocycles. The van der Waals surface area contributed by atoms with Crippen molar-refractivity contribution in [3.63, 3.8) is 0 Å². The van der Waals surface area contributed by atoms with Crippen molar-refractivity contribution in [3.8, 4) is 0 Å². The molecule has 1 fully saturated rings. The summed E-state index contributed by atoms with van der Waals surface area (Å²) in [5.41, 5.74) is 7.08. The average Bonchev–Trinajstić information content (AvgIpc) is 2.76. The van der Waals surface area contributed by atoms with Crippen molar-refractivity contribution in [1.82, 2.24) is 0 Å². The van der Waals surface area contributed by atoms with Crippen LogP contribution >= 0.6 is 0 Å². The summed E-state index contributed by atoms with van der Waals surface area (Å²) >= 11 is 0. The smallest absolute Gasteiger partial charge is 0.163 e. The van der Waals surface area contributed by atoms with E-state index in [2.05, 4.69) is 6.92 Å². The van der Waals surface area contributed by atoms with E-state index in [0.717, 1.165) is 12.0 Å². The van der Waals surface area contributed by atoms with Crippen molar-refractivity contribution < 1.29 is 14.2 Å². The molecular weight excluding hydrogens is 266 g/mol. The molecule has 1 aliphatic heterocycles. The van der Waals surface area contributed by atoms with Gasteiger partial charge in [-0.3, -0.25) is 0 Å². The van der Waals surface area contributed by atoms with Crippen molar-refractivity contribution in [2.24, 2.45) is 5.73 Å². The Balaban J connectivity index is 1.93. The van der Waals surface area contributed by atoms with Crippen LogP contribution in [-0.4, -0.2) is 30.1 Å². The Labute approximate surface area is 127 Å². The highest BCUT2D eigenvalue weighted by atomic mass is 16.8. The molecule has 4 nitrogen and oxygen atoms in total. The first-order valence-electron chi connectivity index (χ1n) is 7.60. The molecule has 1 saturated heterocycles. The Hall–Kier alpha value is -0.940. The van der Waals surface area contributed by atoms with Crippen molar-refractivity contribution in [3.05, 3.63) is 35.9 Å². The molecule has 0 spiro atoms. The van der Waals surface area contributed by atoms with Gasteiger partial charge in [0.1, 0.15) is 12.2 Å². The van der Waals surface area contributed by atoms with E-state index in [0.29, 0.717) is 13.2 Å². The highest BCUT2D eigenvalue weighted by Gasteiger charge is 2.48. The van der Waals surface area contributed by atoms with Crippen LogP contribution in [0.25, 0.3) is 0 Å². The van der Waals surface area contributed by atoms with Gasteiger partial charge in [-0.25, -0.2) is 0 Å². The van der Waals surface area contributed by atoms with Gasteiger partial charge in [0.15, 0.2) is 5.79 Å². The predicted molar refractivity (Wildman–Crippen MR) is 82.8 cm³/mol. The lowest BCUT2D eigenvalue weighted by molar-refractivity contribution is -0.155. The zero-order valence-corrected chi connectivity index (χ0v) is 13.5. The molecule has 1 heterocycles. The first kappa shape index (κ1) is 16.4. The molecule has 0 saturated carbocycles. The number of rotatable bonds is 6. The Morgan fingerprint density at radius 2 is 1.90 bits per heavy atom. The summed E-state index contributed by atoms with van der Waals surface area (Å²) < 4.78 is 17.8. The van der Waals surface area contributed by atoms with E-state index < -0.39 is 11.3 Å². The van der Waals surface area contributed by atoms with Gasteiger partial charge in [-0.15, -0.1) is 0 Å². The lowest BCUT2D eigenvalue weighted by atomic mass is 9.89. The van der Waals surface area contributed by atoms with Crippen molar-refractivity contribution >= 4 is 0 Å². The molecule has 0 aliphatic carbocycles. The molecule has 0 amide bonds.